The maximum atomic E-state index is 13.7. The van der Waals surface area contributed by atoms with Gasteiger partial charge >= 0.3 is 0 Å². The molecule has 1 aromatic rings. The summed E-state index contributed by atoms with van der Waals surface area (Å²) in [5.74, 6) is -3.73. The predicted molar refractivity (Wildman–Crippen MR) is 67.9 cm³/mol. The zero-order chi connectivity index (χ0) is 14.7. The maximum absolute atomic E-state index is 13.7. The van der Waals surface area contributed by atoms with E-state index in [-0.39, 0.29) is 12.6 Å². The van der Waals surface area contributed by atoms with Crippen molar-refractivity contribution in [2.45, 2.75) is 12.5 Å². The fourth-order valence-corrected chi connectivity index (χ4v) is 2.26. The first-order valence-electron chi connectivity index (χ1n) is 6.24. The van der Waals surface area contributed by atoms with E-state index in [1.807, 2.05) is 0 Å². The molecule has 7 heteroatoms. The first kappa shape index (κ1) is 14.4. The van der Waals surface area contributed by atoms with Gasteiger partial charge in [-0.05, 0) is 25.1 Å². The van der Waals surface area contributed by atoms with Crippen molar-refractivity contribution in [3.8, 4) is 0 Å². The van der Waals surface area contributed by atoms with Gasteiger partial charge in [0.1, 0.15) is 0 Å². The molecular weight excluding hydrogens is 268 g/mol. The third kappa shape index (κ3) is 2.93. The van der Waals surface area contributed by atoms with Crippen LogP contribution in [0.15, 0.2) is 18.2 Å². The molecule has 1 fully saturated rings. The second kappa shape index (κ2) is 5.96. The number of hydrogen-bond donors (Lipinski definition) is 2. The van der Waals surface area contributed by atoms with E-state index in [1.54, 1.807) is 0 Å². The predicted octanol–water partition coefficient (Wildman–Crippen LogP) is 0.254. The molecule has 0 aliphatic carbocycles. The minimum absolute atomic E-state index is 0.252. The Hall–Kier alpha value is -2.02. The van der Waals surface area contributed by atoms with Crippen LogP contribution in [0, 0.1) is 11.6 Å². The average molecular weight is 283 g/mol. The van der Waals surface area contributed by atoms with Crippen LogP contribution in [0.2, 0.25) is 0 Å². The molecule has 0 saturated carbocycles. The van der Waals surface area contributed by atoms with Crippen molar-refractivity contribution in [2.75, 3.05) is 19.6 Å². The molecular formula is C13H15F2N3O2. The lowest BCUT2D eigenvalue weighted by Crippen LogP contribution is -2.46. The highest BCUT2D eigenvalue weighted by Crippen LogP contribution is 2.17. The molecule has 3 N–H and O–H groups in total. The fraction of sp³-hybridized carbons (Fsp3) is 0.385. The van der Waals surface area contributed by atoms with Gasteiger partial charge in [-0.15, -0.1) is 0 Å². The molecule has 20 heavy (non-hydrogen) atoms. The molecule has 1 aliphatic heterocycles. The summed E-state index contributed by atoms with van der Waals surface area (Å²) in [5.41, 5.74) is 4.73. The van der Waals surface area contributed by atoms with Gasteiger partial charge in [0.25, 0.3) is 5.91 Å². The van der Waals surface area contributed by atoms with Gasteiger partial charge in [-0.2, -0.15) is 0 Å². The fourth-order valence-electron chi connectivity index (χ4n) is 2.26. The number of carbonyl (C=O) groups is 2. The first-order chi connectivity index (χ1) is 9.50. The molecule has 0 bridgehead atoms. The Morgan fingerprint density at radius 1 is 1.40 bits per heavy atom. The van der Waals surface area contributed by atoms with Gasteiger partial charge in [0, 0.05) is 12.6 Å². The monoisotopic (exact) mass is 283 g/mol. The van der Waals surface area contributed by atoms with E-state index in [0.29, 0.717) is 19.5 Å². The molecule has 2 amide bonds. The number of primary amides is 1. The molecule has 0 radical (unpaired) electrons. The zero-order valence-electron chi connectivity index (χ0n) is 10.7. The van der Waals surface area contributed by atoms with Crippen LogP contribution in [0.25, 0.3) is 0 Å². The lowest BCUT2D eigenvalue weighted by Gasteiger charge is -2.27. The second-order valence-electron chi connectivity index (χ2n) is 4.65. The molecule has 1 aromatic carbocycles. The number of nitrogens with two attached hydrogens (primary N) is 1. The molecule has 1 heterocycles. The molecule has 1 unspecified atom stereocenters. The number of amides is 2. The smallest absolute Gasteiger partial charge is 0.257 e. The third-order valence-corrected chi connectivity index (χ3v) is 3.24. The van der Waals surface area contributed by atoms with Gasteiger partial charge in [0.2, 0.25) is 5.91 Å². The topological polar surface area (TPSA) is 75.4 Å². The van der Waals surface area contributed by atoms with Crippen LogP contribution in [0.4, 0.5) is 8.78 Å². The van der Waals surface area contributed by atoms with Crippen LogP contribution in [-0.4, -0.2) is 42.4 Å². The van der Waals surface area contributed by atoms with Crippen molar-refractivity contribution < 1.29 is 18.4 Å². The maximum Gasteiger partial charge on any atom is 0.257 e. The minimum atomic E-state index is -1.21. The Balaban J connectivity index is 2.29. The van der Waals surface area contributed by atoms with Crippen LogP contribution >= 0.6 is 0 Å². The summed E-state index contributed by atoms with van der Waals surface area (Å²) in [7, 11) is 0. The van der Waals surface area contributed by atoms with Crippen LogP contribution < -0.4 is 11.1 Å². The van der Waals surface area contributed by atoms with Crippen molar-refractivity contribution in [1.82, 2.24) is 10.2 Å². The number of halogens is 2. The van der Waals surface area contributed by atoms with Gasteiger partial charge in [-0.1, -0.05) is 6.07 Å². The summed E-state index contributed by atoms with van der Waals surface area (Å²) in [4.78, 5) is 24.6. The van der Waals surface area contributed by atoms with Gasteiger partial charge < -0.3 is 16.0 Å². The standard InChI is InChI=1S/C13H15F2N3O2/c14-10-3-1-2-9(12(10)15)13(20)18(7-11(16)19)8-4-5-17-6-8/h1-3,8,17H,4-7H2,(H2,16,19). The Labute approximate surface area is 114 Å². The van der Waals surface area contributed by atoms with Crippen molar-refractivity contribution in [2.24, 2.45) is 5.73 Å². The number of hydrogen-bond acceptors (Lipinski definition) is 3. The highest BCUT2D eigenvalue weighted by Gasteiger charge is 2.30. The lowest BCUT2D eigenvalue weighted by molar-refractivity contribution is -0.119. The number of nitrogens with one attached hydrogen (secondary N) is 1. The van der Waals surface area contributed by atoms with Crippen LogP contribution in [0.1, 0.15) is 16.8 Å². The number of carbonyl (C=O) groups excluding carboxylic acids is 2. The van der Waals surface area contributed by atoms with Gasteiger partial charge in [-0.3, -0.25) is 9.59 Å². The molecule has 1 saturated heterocycles. The van der Waals surface area contributed by atoms with Crippen LogP contribution in [-0.2, 0) is 4.79 Å². The summed E-state index contributed by atoms with van der Waals surface area (Å²) in [6.07, 6.45) is 0.635. The molecule has 1 atom stereocenters. The highest BCUT2D eigenvalue weighted by atomic mass is 19.2. The van der Waals surface area contributed by atoms with Gasteiger partial charge in [0.05, 0.1) is 12.1 Å². The highest BCUT2D eigenvalue weighted by molar-refractivity contribution is 5.96. The average Bonchev–Trinajstić information content (AvgIpc) is 2.92. The first-order valence-corrected chi connectivity index (χ1v) is 6.24. The van der Waals surface area contributed by atoms with Crippen LogP contribution in [0.3, 0.4) is 0 Å². The molecule has 0 aromatic heterocycles. The normalized spacial score (nSPS) is 18.0. The van der Waals surface area contributed by atoms with Gasteiger partial charge in [0.15, 0.2) is 11.6 Å². The summed E-state index contributed by atoms with van der Waals surface area (Å²) in [5, 5.41) is 3.04. The van der Waals surface area contributed by atoms with Crippen molar-refractivity contribution in [3.05, 3.63) is 35.4 Å². The molecule has 0 spiro atoms. The van der Waals surface area contributed by atoms with E-state index < -0.39 is 29.0 Å². The Bertz CT molecular complexity index is 530. The number of nitrogens with zero attached hydrogens (tertiary/aromatic N) is 1. The van der Waals surface area contributed by atoms with Crippen molar-refractivity contribution in [1.29, 1.82) is 0 Å². The zero-order valence-corrected chi connectivity index (χ0v) is 10.7. The Morgan fingerprint density at radius 2 is 2.15 bits per heavy atom. The van der Waals surface area contributed by atoms with Crippen molar-refractivity contribution >= 4 is 11.8 Å². The largest absolute Gasteiger partial charge is 0.368 e. The van der Waals surface area contributed by atoms with E-state index in [1.165, 1.54) is 17.0 Å². The summed E-state index contributed by atoms with van der Waals surface area (Å²) >= 11 is 0. The SMILES string of the molecule is NC(=O)CN(C(=O)c1cccc(F)c1F)C1CCNC1. The number of benzene rings is 1. The minimum Gasteiger partial charge on any atom is -0.368 e. The van der Waals surface area contributed by atoms with Crippen LogP contribution in [0.5, 0.6) is 0 Å². The van der Waals surface area contributed by atoms with E-state index >= 15 is 0 Å². The Morgan fingerprint density at radius 3 is 2.75 bits per heavy atom. The summed E-state index contributed by atoms with van der Waals surface area (Å²) in [6.45, 7) is 0.871. The van der Waals surface area contributed by atoms with E-state index in [4.69, 9.17) is 5.73 Å². The molecule has 108 valence electrons. The van der Waals surface area contributed by atoms with Crippen molar-refractivity contribution in [3.63, 3.8) is 0 Å². The molecule has 1 aliphatic rings. The number of rotatable bonds is 4. The summed E-state index contributed by atoms with van der Waals surface area (Å²) in [6, 6.07) is 3.12. The van der Waals surface area contributed by atoms with E-state index in [9.17, 15) is 18.4 Å². The molecule has 2 rings (SSSR count). The lowest BCUT2D eigenvalue weighted by atomic mass is 10.1. The van der Waals surface area contributed by atoms with E-state index in [0.717, 1.165) is 6.07 Å². The van der Waals surface area contributed by atoms with E-state index in [2.05, 4.69) is 5.32 Å². The second-order valence-corrected chi connectivity index (χ2v) is 4.65. The molecule has 5 nitrogen and oxygen atoms in total. The van der Waals surface area contributed by atoms with Gasteiger partial charge in [-0.25, -0.2) is 8.78 Å². The third-order valence-electron chi connectivity index (χ3n) is 3.24. The quantitative estimate of drug-likeness (QED) is 0.832. The summed E-state index contributed by atoms with van der Waals surface area (Å²) < 4.78 is 26.9. The Kier molecular flexibility index (Phi) is 4.29.